The highest BCUT2D eigenvalue weighted by molar-refractivity contribution is 9.10. The number of hydrogen-bond donors (Lipinski definition) is 1. The molecule has 1 amide bonds. The molecule has 1 atom stereocenters. The molecule has 1 N–H and O–H groups in total. The van der Waals surface area contributed by atoms with E-state index in [4.69, 9.17) is 4.74 Å². The number of carbonyl (C=O) groups is 1. The van der Waals surface area contributed by atoms with Crippen LogP contribution in [0.3, 0.4) is 0 Å². The summed E-state index contributed by atoms with van der Waals surface area (Å²) in [6, 6.07) is 13.9. The quantitative estimate of drug-likeness (QED) is 0.597. The molecule has 0 heterocycles. The van der Waals surface area contributed by atoms with Gasteiger partial charge in [0.25, 0.3) is 5.91 Å². The molecule has 0 bridgehead atoms. The summed E-state index contributed by atoms with van der Waals surface area (Å²) < 4.78 is 43.4. The minimum Gasteiger partial charge on any atom is -0.357 e. The third kappa shape index (κ3) is 6.14. The molecular weight excluding hydrogens is 411 g/mol. The van der Waals surface area contributed by atoms with Gasteiger partial charge in [-0.1, -0.05) is 40.2 Å². The third-order valence-electron chi connectivity index (χ3n) is 3.85. The van der Waals surface area contributed by atoms with Crippen LogP contribution in [0.4, 0.5) is 13.2 Å². The molecule has 7 heteroatoms. The number of benzene rings is 2. The van der Waals surface area contributed by atoms with Crippen LogP contribution in [0.2, 0.25) is 0 Å². The molecule has 0 unspecified atom stereocenters. The molecular formula is C19H19BrF3NO2. The summed E-state index contributed by atoms with van der Waals surface area (Å²) in [7, 11) is 1.44. The van der Waals surface area contributed by atoms with E-state index in [2.05, 4.69) is 21.2 Å². The van der Waals surface area contributed by atoms with E-state index in [1.807, 2.05) is 0 Å². The Bertz CT molecular complexity index is 732. The molecule has 0 aliphatic rings. The van der Waals surface area contributed by atoms with E-state index in [0.717, 1.165) is 10.0 Å². The van der Waals surface area contributed by atoms with Crippen LogP contribution in [0.15, 0.2) is 53.0 Å². The SMILES string of the molecule is CO[C@H](NC(=O)c1ccc(Br)cc1)c1ccccc1CCCC(F)(F)F. The lowest BCUT2D eigenvalue weighted by Gasteiger charge is -2.21. The standard InChI is InChI=1S/C19H19BrF3NO2/c1-26-18(24-17(25)14-8-10-15(20)11-9-14)16-7-3-2-5-13(16)6-4-12-19(21,22)23/h2-3,5,7-11,18H,4,6,12H2,1H3,(H,24,25)/t18-/m0/s1. The first-order valence-electron chi connectivity index (χ1n) is 8.04. The number of nitrogens with one attached hydrogen (secondary N) is 1. The summed E-state index contributed by atoms with van der Waals surface area (Å²) in [6.45, 7) is 0. The highest BCUT2D eigenvalue weighted by atomic mass is 79.9. The van der Waals surface area contributed by atoms with E-state index in [9.17, 15) is 18.0 Å². The van der Waals surface area contributed by atoms with Gasteiger partial charge in [0.15, 0.2) is 6.23 Å². The summed E-state index contributed by atoms with van der Waals surface area (Å²) in [4.78, 5) is 12.4. The number of aryl methyl sites for hydroxylation is 1. The van der Waals surface area contributed by atoms with Crippen LogP contribution in [0.5, 0.6) is 0 Å². The number of alkyl halides is 3. The van der Waals surface area contributed by atoms with Gasteiger partial charge in [0, 0.05) is 29.1 Å². The largest absolute Gasteiger partial charge is 0.389 e. The van der Waals surface area contributed by atoms with Crippen molar-refractivity contribution >= 4 is 21.8 Å². The molecule has 3 nitrogen and oxygen atoms in total. The van der Waals surface area contributed by atoms with E-state index in [-0.39, 0.29) is 18.7 Å². The number of carbonyl (C=O) groups excluding carboxylic acids is 1. The lowest BCUT2D eigenvalue weighted by Crippen LogP contribution is -2.30. The smallest absolute Gasteiger partial charge is 0.357 e. The minimum atomic E-state index is -4.18. The number of methoxy groups -OCH3 is 1. The van der Waals surface area contributed by atoms with Gasteiger partial charge in [0.1, 0.15) is 0 Å². The van der Waals surface area contributed by atoms with Crippen molar-refractivity contribution in [3.8, 4) is 0 Å². The molecule has 0 fully saturated rings. The van der Waals surface area contributed by atoms with Gasteiger partial charge < -0.3 is 10.1 Å². The van der Waals surface area contributed by atoms with Gasteiger partial charge in [0.05, 0.1) is 0 Å². The van der Waals surface area contributed by atoms with Gasteiger partial charge in [0.2, 0.25) is 0 Å². The van der Waals surface area contributed by atoms with Crippen molar-refractivity contribution in [2.45, 2.75) is 31.7 Å². The van der Waals surface area contributed by atoms with Crippen molar-refractivity contribution in [3.63, 3.8) is 0 Å². The maximum atomic E-state index is 12.4. The second-order valence-electron chi connectivity index (χ2n) is 5.76. The Morgan fingerprint density at radius 2 is 1.81 bits per heavy atom. The highest BCUT2D eigenvalue weighted by Gasteiger charge is 2.26. The zero-order valence-electron chi connectivity index (χ0n) is 14.1. The average Bonchev–Trinajstić information content (AvgIpc) is 2.59. The Kier molecular flexibility index (Phi) is 7.23. The van der Waals surface area contributed by atoms with E-state index >= 15 is 0 Å². The van der Waals surface area contributed by atoms with Gasteiger partial charge in [-0.15, -0.1) is 0 Å². The Morgan fingerprint density at radius 3 is 2.42 bits per heavy atom. The fraction of sp³-hybridized carbons (Fsp3) is 0.316. The molecule has 2 aromatic carbocycles. The predicted octanol–water partition coefficient (Wildman–Crippen LogP) is 5.41. The third-order valence-corrected chi connectivity index (χ3v) is 4.38. The topological polar surface area (TPSA) is 38.3 Å². The summed E-state index contributed by atoms with van der Waals surface area (Å²) in [5.41, 5.74) is 1.84. The molecule has 0 aliphatic heterocycles. The molecule has 0 aromatic heterocycles. The van der Waals surface area contributed by atoms with Crippen molar-refractivity contribution in [2.24, 2.45) is 0 Å². The van der Waals surface area contributed by atoms with Gasteiger partial charge in [-0.25, -0.2) is 0 Å². The second kappa shape index (κ2) is 9.19. The predicted molar refractivity (Wildman–Crippen MR) is 96.8 cm³/mol. The van der Waals surface area contributed by atoms with Gasteiger partial charge in [-0.3, -0.25) is 4.79 Å². The van der Waals surface area contributed by atoms with Crippen LogP contribution >= 0.6 is 15.9 Å². The van der Waals surface area contributed by atoms with Crippen LogP contribution < -0.4 is 5.32 Å². The first-order chi connectivity index (χ1) is 12.3. The van der Waals surface area contributed by atoms with Crippen LogP contribution in [0.1, 0.15) is 40.6 Å². The lowest BCUT2D eigenvalue weighted by atomic mass is 10.0. The zero-order chi connectivity index (χ0) is 19.2. The van der Waals surface area contributed by atoms with Crippen molar-refractivity contribution < 1.29 is 22.7 Å². The molecule has 0 saturated heterocycles. The average molecular weight is 430 g/mol. The number of rotatable bonds is 7. The summed E-state index contributed by atoms with van der Waals surface area (Å²) in [6.07, 6.45) is -5.52. The van der Waals surface area contributed by atoms with Crippen molar-refractivity contribution in [3.05, 3.63) is 69.7 Å². The number of ether oxygens (including phenoxy) is 1. The fourth-order valence-electron chi connectivity index (χ4n) is 2.56. The van der Waals surface area contributed by atoms with E-state index in [1.54, 1.807) is 48.5 Å². The Balaban J connectivity index is 2.11. The number of halogens is 4. The summed E-state index contributed by atoms with van der Waals surface area (Å²) in [5, 5.41) is 2.77. The van der Waals surface area contributed by atoms with E-state index in [0.29, 0.717) is 11.1 Å². The maximum Gasteiger partial charge on any atom is 0.389 e. The van der Waals surface area contributed by atoms with Gasteiger partial charge in [-0.05, 0) is 42.7 Å². The first-order valence-corrected chi connectivity index (χ1v) is 8.83. The van der Waals surface area contributed by atoms with Gasteiger partial charge >= 0.3 is 6.18 Å². The fourth-order valence-corrected chi connectivity index (χ4v) is 2.83. The minimum absolute atomic E-state index is 0.0163. The lowest BCUT2D eigenvalue weighted by molar-refractivity contribution is -0.135. The Morgan fingerprint density at radius 1 is 1.15 bits per heavy atom. The van der Waals surface area contributed by atoms with Crippen molar-refractivity contribution in [2.75, 3.05) is 7.11 Å². The Labute approximate surface area is 158 Å². The molecule has 2 aromatic rings. The summed E-state index contributed by atoms with van der Waals surface area (Å²) in [5.74, 6) is -0.325. The first kappa shape index (κ1) is 20.5. The molecule has 26 heavy (non-hydrogen) atoms. The second-order valence-corrected chi connectivity index (χ2v) is 6.68. The maximum absolute atomic E-state index is 12.4. The van der Waals surface area contributed by atoms with E-state index in [1.165, 1.54) is 7.11 Å². The molecule has 0 spiro atoms. The zero-order valence-corrected chi connectivity index (χ0v) is 15.7. The molecule has 0 saturated carbocycles. The number of amides is 1. The molecule has 140 valence electrons. The van der Waals surface area contributed by atoms with Crippen LogP contribution in [-0.4, -0.2) is 19.2 Å². The van der Waals surface area contributed by atoms with Crippen LogP contribution in [-0.2, 0) is 11.2 Å². The highest BCUT2D eigenvalue weighted by Crippen LogP contribution is 2.25. The monoisotopic (exact) mass is 429 g/mol. The van der Waals surface area contributed by atoms with Crippen molar-refractivity contribution in [1.82, 2.24) is 5.32 Å². The number of hydrogen-bond acceptors (Lipinski definition) is 2. The van der Waals surface area contributed by atoms with Crippen LogP contribution in [0, 0.1) is 0 Å². The van der Waals surface area contributed by atoms with Gasteiger partial charge in [-0.2, -0.15) is 13.2 Å². The normalized spacial score (nSPS) is 12.7. The molecule has 2 rings (SSSR count). The summed E-state index contributed by atoms with van der Waals surface area (Å²) >= 11 is 3.31. The van der Waals surface area contributed by atoms with E-state index < -0.39 is 18.8 Å². The van der Waals surface area contributed by atoms with Crippen LogP contribution in [0.25, 0.3) is 0 Å². The Hall–Kier alpha value is -1.86. The molecule has 0 aliphatic carbocycles. The molecule has 0 radical (unpaired) electrons. The van der Waals surface area contributed by atoms with Crippen molar-refractivity contribution in [1.29, 1.82) is 0 Å².